The second-order valence-electron chi connectivity index (χ2n) is 13.0. The molecule has 3 amide bonds. The van der Waals surface area contributed by atoms with E-state index in [1.807, 2.05) is 60.5 Å². The van der Waals surface area contributed by atoms with Crippen molar-refractivity contribution >= 4 is 29.7 Å². The maximum atomic E-state index is 14.0. The maximum absolute atomic E-state index is 14.0. The normalized spacial score (nSPS) is 20.3. The summed E-state index contributed by atoms with van der Waals surface area (Å²) in [6, 6.07) is -1.83. The molecule has 1 heterocycles. The number of methoxy groups -OCH3 is 2. The Balaban J connectivity index is 3.27. The van der Waals surface area contributed by atoms with Gasteiger partial charge in [0.25, 0.3) is 0 Å². The van der Waals surface area contributed by atoms with E-state index < -0.39 is 30.2 Å². The fourth-order valence-electron chi connectivity index (χ4n) is 6.56. The second-order valence-corrected chi connectivity index (χ2v) is 13.0. The van der Waals surface area contributed by atoms with Crippen LogP contribution in [0.15, 0.2) is 0 Å². The highest BCUT2D eigenvalue weighted by atomic mass is 16.5. The molecular weight excluding hydrogens is 550 g/mol. The molecule has 11 nitrogen and oxygen atoms in total. The summed E-state index contributed by atoms with van der Waals surface area (Å²) >= 11 is 0. The summed E-state index contributed by atoms with van der Waals surface area (Å²) in [7, 11) is 8.53. The minimum Gasteiger partial charge on any atom is -0.379 e. The molecule has 0 aromatic carbocycles. The van der Waals surface area contributed by atoms with E-state index in [0.717, 1.165) is 19.1 Å². The van der Waals surface area contributed by atoms with E-state index in [2.05, 4.69) is 5.32 Å². The topological polar surface area (TPSA) is 132 Å². The van der Waals surface area contributed by atoms with E-state index in [-0.39, 0.29) is 59.8 Å². The molecule has 43 heavy (non-hydrogen) atoms. The minimum absolute atomic E-state index is 0.00624. The van der Waals surface area contributed by atoms with E-state index in [1.54, 1.807) is 30.9 Å². The molecule has 8 unspecified atom stereocenters. The highest BCUT2D eigenvalue weighted by Gasteiger charge is 2.42. The van der Waals surface area contributed by atoms with Crippen LogP contribution in [0.4, 0.5) is 0 Å². The summed E-state index contributed by atoms with van der Waals surface area (Å²) < 4.78 is 11.6. The van der Waals surface area contributed by atoms with Gasteiger partial charge in [-0.2, -0.15) is 0 Å². The van der Waals surface area contributed by atoms with Crippen molar-refractivity contribution in [3.05, 3.63) is 0 Å². The molecule has 0 aromatic rings. The van der Waals surface area contributed by atoms with Crippen LogP contribution in [-0.4, -0.2) is 123 Å². The van der Waals surface area contributed by atoms with Crippen molar-refractivity contribution in [2.45, 2.75) is 111 Å². The Hall–Kier alpha value is -2.37. The number of nitrogens with one attached hydrogen (secondary N) is 2. The molecule has 0 aliphatic carbocycles. The highest BCUT2D eigenvalue weighted by molar-refractivity contribution is 6.27. The van der Waals surface area contributed by atoms with Crippen LogP contribution < -0.4 is 5.32 Å². The Labute approximate surface area is 259 Å². The molecule has 0 saturated carbocycles. The molecule has 1 rings (SSSR count). The molecule has 1 aliphatic heterocycles. The second kappa shape index (κ2) is 17.8. The fourth-order valence-corrected chi connectivity index (χ4v) is 6.56. The van der Waals surface area contributed by atoms with Crippen molar-refractivity contribution in [1.29, 1.82) is 5.41 Å². The zero-order chi connectivity index (χ0) is 33.2. The predicted octanol–water partition coefficient (Wildman–Crippen LogP) is 2.85. The zero-order valence-corrected chi connectivity index (χ0v) is 28.7. The average molecular weight is 610 g/mol. The average Bonchev–Trinajstić information content (AvgIpc) is 3.43. The van der Waals surface area contributed by atoms with E-state index >= 15 is 0 Å². The Morgan fingerprint density at radius 3 is 2.05 bits per heavy atom. The number of rotatable bonds is 18. The number of carbonyl (C=O) groups is 4. The van der Waals surface area contributed by atoms with Gasteiger partial charge in [-0.25, -0.2) is 0 Å². The van der Waals surface area contributed by atoms with Gasteiger partial charge < -0.3 is 30.0 Å². The van der Waals surface area contributed by atoms with Gasteiger partial charge >= 0.3 is 0 Å². The molecule has 0 radical (unpaired) electrons. The van der Waals surface area contributed by atoms with E-state index in [1.165, 1.54) is 7.11 Å². The van der Waals surface area contributed by atoms with Crippen molar-refractivity contribution < 1.29 is 28.7 Å². The third-order valence-corrected chi connectivity index (χ3v) is 9.12. The van der Waals surface area contributed by atoms with Gasteiger partial charge in [-0.05, 0) is 44.7 Å². The van der Waals surface area contributed by atoms with Crippen molar-refractivity contribution in [3.63, 3.8) is 0 Å². The van der Waals surface area contributed by atoms with Gasteiger partial charge in [0.1, 0.15) is 6.04 Å². The molecule has 1 aliphatic rings. The number of hydrogen-bond donors (Lipinski definition) is 2. The highest BCUT2D eigenvalue weighted by Crippen LogP contribution is 2.29. The molecule has 0 aromatic heterocycles. The Morgan fingerprint density at radius 1 is 1.00 bits per heavy atom. The molecule has 0 spiro atoms. The molecule has 1 fully saturated rings. The van der Waals surface area contributed by atoms with Gasteiger partial charge in [0.05, 0.1) is 43.0 Å². The van der Waals surface area contributed by atoms with E-state index in [0.29, 0.717) is 13.0 Å². The molecule has 0 bridgehead atoms. The Morgan fingerprint density at radius 2 is 1.60 bits per heavy atom. The lowest BCUT2D eigenvalue weighted by Gasteiger charge is -2.41. The minimum atomic E-state index is -0.739. The van der Waals surface area contributed by atoms with Crippen molar-refractivity contribution in [2.75, 3.05) is 41.9 Å². The third-order valence-electron chi connectivity index (χ3n) is 9.12. The summed E-state index contributed by atoms with van der Waals surface area (Å²) in [6.07, 6.45) is 1.98. The van der Waals surface area contributed by atoms with E-state index in [9.17, 15) is 19.2 Å². The van der Waals surface area contributed by atoms with Crippen LogP contribution >= 0.6 is 0 Å². The number of nitrogens with zero attached hydrogens (tertiary/aromatic N) is 3. The van der Waals surface area contributed by atoms with Gasteiger partial charge in [0.2, 0.25) is 17.7 Å². The van der Waals surface area contributed by atoms with Crippen LogP contribution in [0.5, 0.6) is 0 Å². The molecule has 2 N–H and O–H groups in total. The monoisotopic (exact) mass is 609 g/mol. The number of ether oxygens (including phenoxy) is 2. The van der Waals surface area contributed by atoms with Crippen LogP contribution in [0.2, 0.25) is 0 Å². The quantitative estimate of drug-likeness (QED) is 0.229. The van der Waals surface area contributed by atoms with Crippen LogP contribution in [0.25, 0.3) is 0 Å². The first-order valence-corrected chi connectivity index (χ1v) is 15.7. The first kappa shape index (κ1) is 38.7. The van der Waals surface area contributed by atoms with Crippen molar-refractivity contribution in [2.24, 2.45) is 23.7 Å². The number of likely N-dealkylation sites (tertiary alicyclic amines) is 1. The number of amides is 3. The summed E-state index contributed by atoms with van der Waals surface area (Å²) in [5.41, 5.74) is 0. The van der Waals surface area contributed by atoms with Gasteiger partial charge in [-0.15, -0.1) is 0 Å². The van der Waals surface area contributed by atoms with Gasteiger partial charge in [-0.1, -0.05) is 54.9 Å². The molecule has 1 saturated heterocycles. The van der Waals surface area contributed by atoms with Crippen LogP contribution in [0, 0.1) is 29.1 Å². The summed E-state index contributed by atoms with van der Waals surface area (Å²) in [4.78, 5) is 58.7. The molecule has 11 heteroatoms. The number of ketones is 1. The van der Waals surface area contributed by atoms with Gasteiger partial charge in [0, 0.05) is 33.7 Å². The Kier molecular flexibility index (Phi) is 16.0. The Bertz CT molecular complexity index is 933. The van der Waals surface area contributed by atoms with Crippen LogP contribution in [0.1, 0.15) is 74.1 Å². The zero-order valence-electron chi connectivity index (χ0n) is 28.7. The number of Topliss-reactive ketones (excluding diaryl/α,β-unsaturated/α-hetero) is 1. The van der Waals surface area contributed by atoms with Crippen LogP contribution in [0.3, 0.4) is 0 Å². The first-order valence-electron chi connectivity index (χ1n) is 15.7. The van der Waals surface area contributed by atoms with Gasteiger partial charge in [-0.3, -0.25) is 24.1 Å². The molecule has 248 valence electrons. The largest absolute Gasteiger partial charge is 0.379 e. The van der Waals surface area contributed by atoms with E-state index in [4.69, 9.17) is 14.9 Å². The maximum Gasteiger partial charge on any atom is 0.245 e. The SMILES string of the molecule is CCC(C)C(C(CC(=O)N1CCCC1C(OC)C(C)C(=O)C=N)OC)N(C)C(=O)C(NC(=O)C(C(C)C)N(C)C)C(C)C. The van der Waals surface area contributed by atoms with Crippen molar-refractivity contribution in [1.82, 2.24) is 20.0 Å². The number of hydrogen-bond acceptors (Lipinski definition) is 8. The summed E-state index contributed by atoms with van der Waals surface area (Å²) in [5, 5.41) is 10.4. The molecule has 8 atom stereocenters. The van der Waals surface area contributed by atoms with Crippen molar-refractivity contribution in [3.8, 4) is 0 Å². The lowest BCUT2D eigenvalue weighted by molar-refractivity contribution is -0.147. The smallest absolute Gasteiger partial charge is 0.245 e. The number of likely N-dealkylation sites (N-methyl/N-ethyl adjacent to an activating group) is 2. The third kappa shape index (κ3) is 9.81. The van der Waals surface area contributed by atoms with Crippen LogP contribution in [-0.2, 0) is 28.7 Å². The first-order chi connectivity index (χ1) is 20.1. The predicted molar refractivity (Wildman–Crippen MR) is 169 cm³/mol. The lowest BCUT2D eigenvalue weighted by Crippen LogP contribution is -2.59. The van der Waals surface area contributed by atoms with Gasteiger partial charge in [0.15, 0.2) is 5.78 Å². The number of carbonyl (C=O) groups excluding carboxylic acids is 4. The molecular formula is C32H59N5O6. The fraction of sp³-hybridized carbons (Fsp3) is 0.844. The summed E-state index contributed by atoms with van der Waals surface area (Å²) in [5.74, 6) is -1.52. The standard InChI is InChI=1S/C32H59N5O6/c1-13-21(6)29(36(10)32(41)27(19(2)3)34-31(40)28(20(4)5)35(8)9)25(42-11)17-26(39)37-16-14-15-23(37)30(43-12)22(7)24(38)18-33/h18-23,25,27-30,33H,13-17H2,1-12H3,(H,34,40). The summed E-state index contributed by atoms with van der Waals surface area (Å²) in [6.45, 7) is 14.1. The lowest BCUT2D eigenvalue weighted by atomic mass is 9.89.